The molecule has 0 N–H and O–H groups in total. The third-order valence-corrected chi connectivity index (χ3v) is 4.16. The standard InChI is InChI=1S/C7H10F2O6S2/c8-16(10,11)14-6-2-4-1-5(6)3-7(4)15-17(9,12)13/h4-7H,1-3H2/t4-,5-,6+,7+/m0/s1. The van der Waals surface area contributed by atoms with E-state index >= 15 is 0 Å². The molecule has 2 bridgehead atoms. The van der Waals surface area contributed by atoms with Gasteiger partial charge in [0.2, 0.25) is 0 Å². The zero-order valence-electron chi connectivity index (χ0n) is 8.45. The van der Waals surface area contributed by atoms with Gasteiger partial charge in [-0.25, -0.2) is 8.37 Å². The Morgan fingerprint density at radius 1 is 0.765 bits per heavy atom. The van der Waals surface area contributed by atoms with Crippen molar-refractivity contribution in [1.29, 1.82) is 0 Å². The van der Waals surface area contributed by atoms with Crippen molar-refractivity contribution in [2.75, 3.05) is 0 Å². The Bertz CT molecular complexity index is 454. The van der Waals surface area contributed by atoms with Crippen molar-refractivity contribution in [3.63, 3.8) is 0 Å². The Balaban J connectivity index is 1.97. The third-order valence-electron chi connectivity index (χ3n) is 3.20. The smallest absolute Gasteiger partial charge is 0.241 e. The number of halogens is 2. The highest BCUT2D eigenvalue weighted by Gasteiger charge is 2.50. The van der Waals surface area contributed by atoms with E-state index in [0.717, 1.165) is 0 Å². The Kier molecular flexibility index (Phi) is 3.17. The number of hydrogen-bond donors (Lipinski definition) is 0. The first kappa shape index (κ1) is 13.1. The molecule has 0 heterocycles. The summed E-state index contributed by atoms with van der Waals surface area (Å²) < 4.78 is 74.2. The van der Waals surface area contributed by atoms with E-state index in [0.29, 0.717) is 6.42 Å². The normalized spacial score (nSPS) is 37.5. The van der Waals surface area contributed by atoms with Crippen LogP contribution in [0, 0.1) is 11.8 Å². The minimum atomic E-state index is -5.02. The first-order valence-electron chi connectivity index (χ1n) is 4.90. The van der Waals surface area contributed by atoms with Crippen LogP contribution in [-0.2, 0) is 29.4 Å². The molecule has 0 spiro atoms. The molecule has 0 aliphatic heterocycles. The van der Waals surface area contributed by atoms with Gasteiger partial charge in [0, 0.05) is 0 Å². The van der Waals surface area contributed by atoms with Crippen molar-refractivity contribution in [2.24, 2.45) is 11.8 Å². The van der Waals surface area contributed by atoms with Gasteiger partial charge < -0.3 is 0 Å². The van der Waals surface area contributed by atoms with Crippen LogP contribution in [0.5, 0.6) is 0 Å². The molecule has 4 atom stereocenters. The maximum absolute atomic E-state index is 12.3. The van der Waals surface area contributed by atoms with Crippen LogP contribution in [0.2, 0.25) is 0 Å². The summed E-state index contributed by atoms with van der Waals surface area (Å²) in [4.78, 5) is 0. The molecule has 2 fully saturated rings. The summed E-state index contributed by atoms with van der Waals surface area (Å²) in [5.41, 5.74) is 0. The van der Waals surface area contributed by atoms with Crippen LogP contribution >= 0.6 is 0 Å². The van der Waals surface area contributed by atoms with Crippen LogP contribution < -0.4 is 0 Å². The molecule has 10 heteroatoms. The largest absolute Gasteiger partial charge is 0.437 e. The van der Waals surface area contributed by atoms with E-state index < -0.39 is 33.2 Å². The Morgan fingerprint density at radius 2 is 1.12 bits per heavy atom. The monoisotopic (exact) mass is 292 g/mol. The molecule has 0 radical (unpaired) electrons. The lowest BCUT2D eigenvalue weighted by Crippen LogP contribution is -2.31. The van der Waals surface area contributed by atoms with Gasteiger partial charge in [-0.2, -0.15) is 16.8 Å². The first-order valence-corrected chi connectivity index (χ1v) is 7.51. The molecule has 6 nitrogen and oxygen atoms in total. The summed E-state index contributed by atoms with van der Waals surface area (Å²) in [6.45, 7) is 0. The van der Waals surface area contributed by atoms with E-state index in [4.69, 9.17) is 0 Å². The van der Waals surface area contributed by atoms with Gasteiger partial charge in [0.1, 0.15) is 0 Å². The van der Waals surface area contributed by atoms with Crippen LogP contribution in [0.15, 0.2) is 0 Å². The molecule has 0 aromatic rings. The maximum atomic E-state index is 12.3. The molecule has 2 saturated carbocycles. The van der Waals surface area contributed by atoms with Gasteiger partial charge in [-0.3, -0.25) is 0 Å². The topological polar surface area (TPSA) is 86.7 Å². The summed E-state index contributed by atoms with van der Waals surface area (Å²) in [7, 11) is -10.0. The zero-order valence-corrected chi connectivity index (χ0v) is 10.1. The van der Waals surface area contributed by atoms with Gasteiger partial charge in [-0.15, -0.1) is 0 Å². The lowest BCUT2D eigenvalue weighted by Gasteiger charge is -2.24. The fraction of sp³-hybridized carbons (Fsp3) is 1.00. The fourth-order valence-corrected chi connectivity index (χ4v) is 3.76. The Hall–Kier alpha value is -0.320. The number of hydrogen-bond acceptors (Lipinski definition) is 6. The predicted molar refractivity (Wildman–Crippen MR) is 50.6 cm³/mol. The van der Waals surface area contributed by atoms with Gasteiger partial charge in [-0.1, -0.05) is 7.77 Å². The average Bonchev–Trinajstić information content (AvgIpc) is 2.56. The fourth-order valence-electron chi connectivity index (χ4n) is 2.70. The van der Waals surface area contributed by atoms with E-state index in [1.165, 1.54) is 0 Å². The average molecular weight is 292 g/mol. The summed E-state index contributed by atoms with van der Waals surface area (Å²) in [6, 6.07) is 0. The molecule has 17 heavy (non-hydrogen) atoms. The molecule has 0 aromatic carbocycles. The maximum Gasteiger partial charge on any atom is 0.437 e. The van der Waals surface area contributed by atoms with Crippen molar-refractivity contribution >= 4 is 21.0 Å². The van der Waals surface area contributed by atoms with E-state index in [1.54, 1.807) is 0 Å². The molecule has 2 aliphatic rings. The lowest BCUT2D eigenvalue weighted by atomic mass is 9.95. The molecule has 100 valence electrons. The summed E-state index contributed by atoms with van der Waals surface area (Å²) in [5, 5.41) is 0. The summed E-state index contributed by atoms with van der Waals surface area (Å²) >= 11 is 0. The highest BCUT2D eigenvalue weighted by Crippen LogP contribution is 2.48. The van der Waals surface area contributed by atoms with E-state index in [2.05, 4.69) is 8.37 Å². The van der Waals surface area contributed by atoms with Gasteiger partial charge in [0.05, 0.1) is 12.2 Å². The lowest BCUT2D eigenvalue weighted by molar-refractivity contribution is 0.0704. The molecule has 0 amide bonds. The summed E-state index contributed by atoms with van der Waals surface area (Å²) in [6.07, 6.45) is -0.878. The van der Waals surface area contributed by atoms with Crippen LogP contribution in [0.4, 0.5) is 7.77 Å². The highest BCUT2D eigenvalue weighted by atomic mass is 32.3. The second kappa shape index (κ2) is 4.11. The second-order valence-corrected chi connectivity index (χ2v) is 6.24. The number of rotatable bonds is 4. The molecule has 0 unspecified atom stereocenters. The second-order valence-electron chi connectivity index (χ2n) is 4.28. The van der Waals surface area contributed by atoms with Crippen LogP contribution in [0.1, 0.15) is 19.3 Å². The Morgan fingerprint density at radius 3 is 1.35 bits per heavy atom. The van der Waals surface area contributed by atoms with Gasteiger partial charge >= 0.3 is 21.0 Å². The number of fused-ring (bicyclic) bond motifs is 2. The van der Waals surface area contributed by atoms with Gasteiger partial charge in [0.25, 0.3) is 0 Å². The van der Waals surface area contributed by atoms with Crippen molar-refractivity contribution in [1.82, 2.24) is 0 Å². The summed E-state index contributed by atoms with van der Waals surface area (Å²) in [5.74, 6) is -0.644. The van der Waals surface area contributed by atoms with Gasteiger partial charge in [0.15, 0.2) is 0 Å². The van der Waals surface area contributed by atoms with E-state index in [-0.39, 0.29) is 24.7 Å². The molecule has 0 aromatic heterocycles. The molecular weight excluding hydrogens is 282 g/mol. The van der Waals surface area contributed by atoms with Crippen LogP contribution in [0.25, 0.3) is 0 Å². The van der Waals surface area contributed by atoms with E-state index in [1.807, 2.05) is 0 Å². The first-order chi connectivity index (χ1) is 7.64. The van der Waals surface area contributed by atoms with E-state index in [9.17, 15) is 24.6 Å². The minimum absolute atomic E-state index is 0.147. The van der Waals surface area contributed by atoms with Crippen LogP contribution in [0.3, 0.4) is 0 Å². The highest BCUT2D eigenvalue weighted by molar-refractivity contribution is 7.81. The minimum Gasteiger partial charge on any atom is -0.241 e. The third kappa shape index (κ3) is 3.33. The van der Waals surface area contributed by atoms with Crippen LogP contribution in [-0.4, -0.2) is 29.0 Å². The Labute approximate surface area is 97.7 Å². The molecular formula is C7H10F2O6S2. The van der Waals surface area contributed by atoms with Crippen molar-refractivity contribution in [3.8, 4) is 0 Å². The van der Waals surface area contributed by atoms with Crippen molar-refractivity contribution < 1.29 is 33.0 Å². The molecule has 0 saturated heterocycles. The SMILES string of the molecule is O=S(=O)(F)O[C@@H]1C[C@@H]2C[C@H]1C[C@H]2OS(=O)(=O)F. The van der Waals surface area contributed by atoms with Gasteiger partial charge in [-0.05, 0) is 31.1 Å². The van der Waals surface area contributed by atoms with Crippen molar-refractivity contribution in [2.45, 2.75) is 31.5 Å². The predicted octanol–water partition coefficient (Wildman–Crippen LogP) is 0.615. The zero-order chi connectivity index (χ0) is 12.8. The molecule has 2 aliphatic carbocycles. The molecule has 2 rings (SSSR count). The quantitative estimate of drug-likeness (QED) is 0.706. The van der Waals surface area contributed by atoms with Crippen molar-refractivity contribution in [3.05, 3.63) is 0 Å².